The van der Waals surface area contributed by atoms with Crippen LogP contribution in [0.5, 0.6) is 0 Å². The average Bonchev–Trinajstić information content (AvgIpc) is 2.78. The summed E-state index contributed by atoms with van der Waals surface area (Å²) in [7, 11) is 0. The molecule has 0 aliphatic carbocycles. The van der Waals surface area contributed by atoms with E-state index in [4.69, 9.17) is 4.74 Å². The van der Waals surface area contributed by atoms with Crippen molar-refractivity contribution in [1.29, 1.82) is 5.26 Å². The number of nitro benzene ring substituents is 1. The number of pyridine rings is 1. The van der Waals surface area contributed by atoms with Gasteiger partial charge in [0.15, 0.2) is 0 Å². The lowest BCUT2D eigenvalue weighted by molar-refractivity contribution is -0.384. The summed E-state index contributed by atoms with van der Waals surface area (Å²) in [6, 6.07) is 8.12. The van der Waals surface area contributed by atoms with Gasteiger partial charge in [0.25, 0.3) is 5.69 Å². The first kappa shape index (κ1) is 19.1. The average molecular weight is 395 g/mol. The van der Waals surface area contributed by atoms with Crippen LogP contribution in [0.3, 0.4) is 0 Å². The quantitative estimate of drug-likeness (QED) is 0.578. The molecule has 2 saturated heterocycles. The number of benzene rings is 1. The lowest BCUT2D eigenvalue weighted by atomic mass is 9.96. The number of amides is 1. The molecule has 0 bridgehead atoms. The number of hydrogen-bond acceptors (Lipinski definition) is 7. The second kappa shape index (κ2) is 8.01. The summed E-state index contributed by atoms with van der Waals surface area (Å²) in [6.07, 6.45) is 1.69. The Morgan fingerprint density at radius 2 is 2.07 bits per heavy atom. The van der Waals surface area contributed by atoms with Crippen LogP contribution in [0.2, 0.25) is 0 Å². The van der Waals surface area contributed by atoms with E-state index in [2.05, 4.69) is 11.1 Å². The summed E-state index contributed by atoms with van der Waals surface area (Å²) in [5, 5.41) is 21.1. The molecule has 4 rings (SSSR count). The maximum absolute atomic E-state index is 12.9. The lowest BCUT2D eigenvalue weighted by Crippen LogP contribution is -2.48. The molecule has 2 aliphatic rings. The maximum Gasteiger partial charge on any atom is 0.270 e. The van der Waals surface area contributed by atoms with Gasteiger partial charge in [0.2, 0.25) is 5.91 Å². The van der Waals surface area contributed by atoms with Gasteiger partial charge in [-0.15, -0.1) is 0 Å². The number of nitrogens with zero attached hydrogens (tertiary/aromatic N) is 5. The van der Waals surface area contributed by atoms with Crippen LogP contribution in [0.15, 0.2) is 24.3 Å². The Labute approximate surface area is 167 Å². The van der Waals surface area contributed by atoms with Crippen LogP contribution in [0.25, 0.3) is 10.9 Å². The Bertz CT molecular complexity index is 996. The van der Waals surface area contributed by atoms with Gasteiger partial charge in [-0.1, -0.05) is 0 Å². The number of carbonyl (C=O) groups is 1. The molecule has 0 radical (unpaired) electrons. The minimum absolute atomic E-state index is 0.0716. The summed E-state index contributed by atoms with van der Waals surface area (Å²) in [4.78, 5) is 32.0. The Kier molecular flexibility index (Phi) is 5.27. The van der Waals surface area contributed by atoms with Crippen molar-refractivity contribution in [2.45, 2.75) is 12.8 Å². The third-order valence-electron chi connectivity index (χ3n) is 5.53. The largest absolute Gasteiger partial charge is 0.378 e. The van der Waals surface area contributed by atoms with Gasteiger partial charge in [-0.3, -0.25) is 14.9 Å². The summed E-state index contributed by atoms with van der Waals surface area (Å²) in [6.45, 7) is 3.70. The molecule has 1 aromatic carbocycles. The van der Waals surface area contributed by atoms with E-state index in [9.17, 15) is 20.2 Å². The van der Waals surface area contributed by atoms with Crippen LogP contribution in [0.1, 0.15) is 18.4 Å². The van der Waals surface area contributed by atoms with Gasteiger partial charge < -0.3 is 14.5 Å². The molecule has 3 heterocycles. The zero-order valence-corrected chi connectivity index (χ0v) is 15.9. The highest BCUT2D eigenvalue weighted by molar-refractivity contribution is 5.88. The minimum atomic E-state index is -0.485. The summed E-state index contributed by atoms with van der Waals surface area (Å²) < 4.78 is 5.33. The zero-order valence-electron chi connectivity index (χ0n) is 15.9. The van der Waals surface area contributed by atoms with E-state index < -0.39 is 4.92 Å². The normalized spacial score (nSPS) is 19.8. The van der Waals surface area contributed by atoms with Crippen molar-refractivity contribution >= 4 is 28.3 Å². The van der Waals surface area contributed by atoms with E-state index in [0.717, 1.165) is 19.4 Å². The maximum atomic E-state index is 12.9. The van der Waals surface area contributed by atoms with Gasteiger partial charge in [0.1, 0.15) is 5.82 Å². The van der Waals surface area contributed by atoms with E-state index in [1.54, 1.807) is 12.1 Å². The van der Waals surface area contributed by atoms with Crippen molar-refractivity contribution in [3.05, 3.63) is 39.9 Å². The zero-order chi connectivity index (χ0) is 20.4. The van der Waals surface area contributed by atoms with Crippen molar-refractivity contribution in [3.8, 4) is 6.07 Å². The highest BCUT2D eigenvalue weighted by Gasteiger charge is 2.31. The number of non-ortho nitro benzene ring substituents is 1. The lowest BCUT2D eigenvalue weighted by Gasteiger charge is -2.36. The molecule has 0 spiro atoms. The number of morpholine rings is 1. The van der Waals surface area contributed by atoms with Crippen molar-refractivity contribution in [2.24, 2.45) is 5.92 Å². The first-order chi connectivity index (χ1) is 14.1. The molecule has 1 unspecified atom stereocenters. The fourth-order valence-corrected chi connectivity index (χ4v) is 4.00. The molecular formula is C20H21N5O4. The molecule has 2 aromatic rings. The van der Waals surface area contributed by atoms with Gasteiger partial charge in [-0.25, -0.2) is 4.98 Å². The van der Waals surface area contributed by atoms with E-state index in [1.807, 2.05) is 9.80 Å². The Morgan fingerprint density at radius 3 is 2.79 bits per heavy atom. The third kappa shape index (κ3) is 3.84. The molecule has 0 N–H and O–H groups in total. The number of rotatable bonds is 3. The second-order valence-electron chi connectivity index (χ2n) is 7.32. The van der Waals surface area contributed by atoms with Gasteiger partial charge in [0.05, 0.1) is 41.2 Å². The van der Waals surface area contributed by atoms with Crippen LogP contribution in [-0.4, -0.2) is 60.1 Å². The number of aromatic nitrogens is 1. The topological polar surface area (TPSA) is 113 Å². The first-order valence-electron chi connectivity index (χ1n) is 9.67. The number of ether oxygens (including phenoxy) is 1. The fourth-order valence-electron chi connectivity index (χ4n) is 4.00. The second-order valence-corrected chi connectivity index (χ2v) is 7.32. The van der Waals surface area contributed by atoms with Crippen molar-refractivity contribution < 1.29 is 14.5 Å². The number of nitro groups is 1. The van der Waals surface area contributed by atoms with Gasteiger partial charge in [-0.2, -0.15) is 5.26 Å². The van der Waals surface area contributed by atoms with E-state index in [1.165, 1.54) is 12.1 Å². The predicted molar refractivity (Wildman–Crippen MR) is 105 cm³/mol. The number of carbonyl (C=O) groups excluding carboxylic acids is 1. The molecule has 0 saturated carbocycles. The number of hydrogen-bond donors (Lipinski definition) is 0. The smallest absolute Gasteiger partial charge is 0.270 e. The van der Waals surface area contributed by atoms with Crippen molar-refractivity contribution in [1.82, 2.24) is 9.88 Å². The molecule has 1 amide bonds. The van der Waals surface area contributed by atoms with Crippen LogP contribution in [0.4, 0.5) is 11.5 Å². The molecule has 1 atom stereocenters. The van der Waals surface area contributed by atoms with Crippen LogP contribution >= 0.6 is 0 Å². The van der Waals surface area contributed by atoms with E-state index in [0.29, 0.717) is 55.1 Å². The SMILES string of the molecule is N#Cc1cc(N2CCCC(C(=O)N3CCOCC3)C2)nc2ccc([N+](=O)[O-])cc12. The monoisotopic (exact) mass is 395 g/mol. The third-order valence-corrected chi connectivity index (χ3v) is 5.53. The minimum Gasteiger partial charge on any atom is -0.378 e. The van der Waals surface area contributed by atoms with Gasteiger partial charge >= 0.3 is 0 Å². The van der Waals surface area contributed by atoms with Gasteiger partial charge in [0, 0.05) is 43.7 Å². The Balaban J connectivity index is 1.60. The molecule has 29 heavy (non-hydrogen) atoms. The Morgan fingerprint density at radius 1 is 1.28 bits per heavy atom. The molecule has 9 heteroatoms. The number of fused-ring (bicyclic) bond motifs is 1. The first-order valence-corrected chi connectivity index (χ1v) is 9.67. The van der Waals surface area contributed by atoms with Crippen LogP contribution in [-0.2, 0) is 9.53 Å². The Hall–Kier alpha value is -3.25. The van der Waals surface area contributed by atoms with Crippen molar-refractivity contribution in [3.63, 3.8) is 0 Å². The molecular weight excluding hydrogens is 374 g/mol. The summed E-state index contributed by atoms with van der Waals surface area (Å²) >= 11 is 0. The number of nitriles is 1. The van der Waals surface area contributed by atoms with Crippen molar-refractivity contribution in [2.75, 3.05) is 44.3 Å². The van der Waals surface area contributed by atoms with E-state index >= 15 is 0 Å². The standard InChI is InChI=1S/C20H21N5O4/c21-12-15-10-19(22-18-4-3-16(25(27)28)11-17(15)18)24-5-1-2-14(13-24)20(26)23-6-8-29-9-7-23/h3-4,10-11,14H,1-2,5-9,13H2. The van der Waals surface area contributed by atoms with Gasteiger partial charge in [-0.05, 0) is 25.0 Å². The van der Waals surface area contributed by atoms with E-state index in [-0.39, 0.29) is 17.5 Å². The molecule has 2 aliphatic heterocycles. The summed E-state index contributed by atoms with van der Waals surface area (Å²) in [5.41, 5.74) is 0.805. The predicted octanol–water partition coefficient (Wildman–Crippen LogP) is 2.09. The highest BCUT2D eigenvalue weighted by atomic mass is 16.6. The molecule has 150 valence electrons. The number of anilines is 1. The molecule has 9 nitrogen and oxygen atoms in total. The summed E-state index contributed by atoms with van der Waals surface area (Å²) in [5.74, 6) is 0.666. The number of piperidine rings is 1. The molecule has 1 aromatic heterocycles. The fraction of sp³-hybridized carbons (Fsp3) is 0.450. The highest BCUT2D eigenvalue weighted by Crippen LogP contribution is 2.29. The van der Waals surface area contributed by atoms with Crippen LogP contribution in [0, 0.1) is 27.4 Å². The molecule has 2 fully saturated rings. The van der Waals surface area contributed by atoms with Crippen LogP contribution < -0.4 is 4.90 Å².